The second kappa shape index (κ2) is 6.18. The molecule has 90 valence electrons. The Labute approximate surface area is 100 Å². The highest BCUT2D eigenvalue weighted by atomic mass is 16.5. The monoisotopic (exact) mass is 232 g/mol. The topological polar surface area (TPSA) is 57.4 Å². The number of pyridine rings is 1. The highest BCUT2D eigenvalue weighted by Crippen LogP contribution is 2.23. The van der Waals surface area contributed by atoms with Crippen LogP contribution in [0.25, 0.3) is 10.9 Å². The summed E-state index contributed by atoms with van der Waals surface area (Å²) in [6.07, 6.45) is 1.77. The molecule has 4 nitrogen and oxygen atoms in total. The third kappa shape index (κ3) is 3.15. The third-order valence-corrected chi connectivity index (χ3v) is 2.35. The molecule has 0 saturated heterocycles. The van der Waals surface area contributed by atoms with E-state index in [9.17, 15) is 0 Å². The van der Waals surface area contributed by atoms with Crippen molar-refractivity contribution in [2.45, 2.75) is 0 Å². The minimum Gasteiger partial charge on any atom is -0.490 e. The van der Waals surface area contributed by atoms with Gasteiger partial charge in [-0.2, -0.15) is 0 Å². The van der Waals surface area contributed by atoms with E-state index >= 15 is 0 Å². The first kappa shape index (κ1) is 11.8. The minimum atomic E-state index is 0.522. The summed E-state index contributed by atoms with van der Waals surface area (Å²) in [5, 5.41) is 1.02. The summed E-state index contributed by atoms with van der Waals surface area (Å²) >= 11 is 0. The molecule has 2 rings (SSSR count). The number of nitrogens with zero attached hydrogens (tertiary/aromatic N) is 1. The second-order valence-corrected chi connectivity index (χ2v) is 3.58. The first-order valence-corrected chi connectivity index (χ1v) is 5.66. The van der Waals surface area contributed by atoms with E-state index in [0.717, 1.165) is 16.7 Å². The molecule has 0 amide bonds. The molecule has 0 saturated carbocycles. The van der Waals surface area contributed by atoms with Crippen molar-refractivity contribution >= 4 is 10.9 Å². The smallest absolute Gasteiger partial charge is 0.128 e. The molecule has 0 atom stereocenters. The molecule has 4 heteroatoms. The number of rotatable bonds is 6. The number of hydrogen-bond acceptors (Lipinski definition) is 4. The SMILES string of the molecule is NCCOCCOc1cccc2ncccc12. The maximum atomic E-state index is 5.66. The van der Waals surface area contributed by atoms with E-state index < -0.39 is 0 Å². The van der Waals surface area contributed by atoms with Crippen LogP contribution in [0.3, 0.4) is 0 Å². The first-order chi connectivity index (χ1) is 8.42. The molecule has 0 bridgehead atoms. The molecule has 0 radical (unpaired) electrons. The van der Waals surface area contributed by atoms with Gasteiger partial charge in [-0.1, -0.05) is 6.07 Å². The van der Waals surface area contributed by atoms with Crippen LogP contribution in [0.4, 0.5) is 0 Å². The fourth-order valence-corrected chi connectivity index (χ4v) is 1.60. The van der Waals surface area contributed by atoms with E-state index in [1.165, 1.54) is 0 Å². The number of hydrogen-bond donors (Lipinski definition) is 1. The number of nitrogens with two attached hydrogens (primary N) is 1. The lowest BCUT2D eigenvalue weighted by atomic mass is 10.2. The molecular weight excluding hydrogens is 216 g/mol. The van der Waals surface area contributed by atoms with Crippen LogP contribution in [0, 0.1) is 0 Å². The number of ether oxygens (including phenoxy) is 2. The van der Waals surface area contributed by atoms with Crippen molar-refractivity contribution in [3.05, 3.63) is 36.5 Å². The quantitative estimate of drug-likeness (QED) is 0.768. The normalized spacial score (nSPS) is 10.6. The van der Waals surface area contributed by atoms with Gasteiger partial charge in [-0.25, -0.2) is 0 Å². The molecule has 0 fully saturated rings. The van der Waals surface area contributed by atoms with Gasteiger partial charge < -0.3 is 15.2 Å². The molecule has 1 heterocycles. The Bertz CT molecular complexity index is 468. The van der Waals surface area contributed by atoms with Crippen molar-refractivity contribution in [3.63, 3.8) is 0 Å². The predicted octanol–water partition coefficient (Wildman–Crippen LogP) is 1.59. The molecule has 1 aromatic carbocycles. The number of benzene rings is 1. The standard InChI is InChI=1S/C13H16N2O2/c14-6-8-16-9-10-17-13-5-1-4-12-11(13)3-2-7-15-12/h1-5,7H,6,8-10,14H2. The zero-order valence-corrected chi connectivity index (χ0v) is 9.63. The van der Waals surface area contributed by atoms with Crippen LogP contribution < -0.4 is 10.5 Å². The van der Waals surface area contributed by atoms with Crippen LogP contribution in [0.5, 0.6) is 5.75 Å². The van der Waals surface area contributed by atoms with Gasteiger partial charge in [-0.15, -0.1) is 0 Å². The van der Waals surface area contributed by atoms with Crippen molar-refractivity contribution < 1.29 is 9.47 Å². The van der Waals surface area contributed by atoms with E-state index in [2.05, 4.69) is 4.98 Å². The Kier molecular flexibility index (Phi) is 4.30. The summed E-state index contributed by atoms with van der Waals surface area (Å²) in [4.78, 5) is 4.27. The molecule has 0 aliphatic carbocycles. The highest BCUT2D eigenvalue weighted by Gasteiger charge is 2.01. The molecule has 1 aromatic heterocycles. The molecule has 0 aliphatic heterocycles. The van der Waals surface area contributed by atoms with E-state index in [1.54, 1.807) is 6.20 Å². The molecule has 0 aliphatic rings. The molecular formula is C13H16N2O2. The Morgan fingerprint density at radius 3 is 2.88 bits per heavy atom. The summed E-state index contributed by atoms with van der Waals surface area (Å²) < 4.78 is 10.9. The van der Waals surface area contributed by atoms with Crippen LogP contribution in [0.15, 0.2) is 36.5 Å². The first-order valence-electron chi connectivity index (χ1n) is 5.66. The lowest BCUT2D eigenvalue weighted by molar-refractivity contribution is 0.106. The molecule has 0 spiro atoms. The van der Waals surface area contributed by atoms with Crippen LogP contribution in [0.1, 0.15) is 0 Å². The summed E-state index contributed by atoms with van der Waals surface area (Å²) in [6, 6.07) is 9.74. The summed E-state index contributed by atoms with van der Waals surface area (Å²) in [5.41, 5.74) is 6.26. The average Bonchev–Trinajstić information content (AvgIpc) is 2.39. The van der Waals surface area contributed by atoms with Gasteiger partial charge in [-0.3, -0.25) is 4.98 Å². The predicted molar refractivity (Wildman–Crippen MR) is 67.1 cm³/mol. The van der Waals surface area contributed by atoms with Gasteiger partial charge in [0.2, 0.25) is 0 Å². The van der Waals surface area contributed by atoms with Crippen molar-refractivity contribution in [1.82, 2.24) is 4.98 Å². The van der Waals surface area contributed by atoms with Gasteiger partial charge >= 0.3 is 0 Å². The van der Waals surface area contributed by atoms with Crippen molar-refractivity contribution in [3.8, 4) is 5.75 Å². The Morgan fingerprint density at radius 1 is 1.06 bits per heavy atom. The number of fused-ring (bicyclic) bond motifs is 1. The van der Waals surface area contributed by atoms with E-state index in [-0.39, 0.29) is 0 Å². The molecule has 2 N–H and O–H groups in total. The Morgan fingerprint density at radius 2 is 2.00 bits per heavy atom. The van der Waals surface area contributed by atoms with Crippen LogP contribution >= 0.6 is 0 Å². The van der Waals surface area contributed by atoms with Gasteiger partial charge in [-0.05, 0) is 24.3 Å². The van der Waals surface area contributed by atoms with Crippen LogP contribution in [0.2, 0.25) is 0 Å². The second-order valence-electron chi connectivity index (χ2n) is 3.58. The fraction of sp³-hybridized carbons (Fsp3) is 0.308. The number of aromatic nitrogens is 1. The zero-order valence-electron chi connectivity index (χ0n) is 9.63. The summed E-state index contributed by atoms with van der Waals surface area (Å²) in [6.45, 7) is 2.18. The minimum absolute atomic E-state index is 0.522. The summed E-state index contributed by atoms with van der Waals surface area (Å²) in [5.74, 6) is 0.840. The summed E-state index contributed by atoms with van der Waals surface area (Å²) in [7, 11) is 0. The molecule has 2 aromatic rings. The lowest BCUT2D eigenvalue weighted by Crippen LogP contribution is -2.13. The highest BCUT2D eigenvalue weighted by molar-refractivity contribution is 5.84. The Hall–Kier alpha value is -1.65. The third-order valence-electron chi connectivity index (χ3n) is 2.35. The van der Waals surface area contributed by atoms with E-state index in [4.69, 9.17) is 15.2 Å². The van der Waals surface area contributed by atoms with Crippen molar-refractivity contribution in [1.29, 1.82) is 0 Å². The zero-order chi connectivity index (χ0) is 11.9. The van der Waals surface area contributed by atoms with Gasteiger partial charge in [0.05, 0.1) is 18.7 Å². The lowest BCUT2D eigenvalue weighted by Gasteiger charge is -2.08. The van der Waals surface area contributed by atoms with Crippen LogP contribution in [-0.2, 0) is 4.74 Å². The maximum Gasteiger partial charge on any atom is 0.128 e. The molecule has 17 heavy (non-hydrogen) atoms. The fourth-order valence-electron chi connectivity index (χ4n) is 1.60. The Balaban J connectivity index is 1.98. The van der Waals surface area contributed by atoms with Gasteiger partial charge in [0.25, 0.3) is 0 Å². The van der Waals surface area contributed by atoms with E-state index in [0.29, 0.717) is 26.4 Å². The van der Waals surface area contributed by atoms with E-state index in [1.807, 2.05) is 30.3 Å². The average molecular weight is 232 g/mol. The van der Waals surface area contributed by atoms with Gasteiger partial charge in [0, 0.05) is 18.1 Å². The van der Waals surface area contributed by atoms with Gasteiger partial charge in [0.1, 0.15) is 12.4 Å². The van der Waals surface area contributed by atoms with Crippen LogP contribution in [-0.4, -0.2) is 31.3 Å². The maximum absolute atomic E-state index is 5.66. The largest absolute Gasteiger partial charge is 0.490 e. The molecule has 0 unspecified atom stereocenters. The van der Waals surface area contributed by atoms with Crippen molar-refractivity contribution in [2.24, 2.45) is 5.73 Å². The van der Waals surface area contributed by atoms with Gasteiger partial charge in [0.15, 0.2) is 0 Å². The van der Waals surface area contributed by atoms with Crippen molar-refractivity contribution in [2.75, 3.05) is 26.4 Å².